The first-order valence-electron chi connectivity index (χ1n) is 9.79. The van der Waals surface area contributed by atoms with E-state index in [2.05, 4.69) is 20.3 Å². The van der Waals surface area contributed by atoms with Crippen molar-refractivity contribution in [1.82, 2.24) is 15.0 Å². The lowest BCUT2D eigenvalue weighted by Crippen LogP contribution is -2.35. The highest BCUT2D eigenvalue weighted by atomic mass is 35.5. The number of rotatable bonds is 5. The highest BCUT2D eigenvalue weighted by molar-refractivity contribution is 6.32. The molecule has 1 aliphatic carbocycles. The number of nitrogens with two attached hydrogens (primary N) is 1. The summed E-state index contributed by atoms with van der Waals surface area (Å²) in [5, 5.41) is 34.0. The number of pyridine rings is 1. The SMILES string of the molecule is CCc1cc2cc(-c3c(Cl)nc(N)nc3N[C@@H]3C[C@H](CO)[C@@H](O)[C@H]3O)oc2c(C)n1. The van der Waals surface area contributed by atoms with Crippen LogP contribution in [0.5, 0.6) is 0 Å². The van der Waals surface area contributed by atoms with E-state index in [0.717, 1.165) is 23.2 Å². The molecule has 0 aromatic carbocycles. The van der Waals surface area contributed by atoms with Crippen molar-refractivity contribution in [2.24, 2.45) is 5.92 Å². The van der Waals surface area contributed by atoms with Gasteiger partial charge in [-0.15, -0.1) is 0 Å². The fraction of sp³-hybridized carbons (Fsp3) is 0.450. The van der Waals surface area contributed by atoms with Gasteiger partial charge < -0.3 is 30.8 Å². The molecule has 0 unspecified atom stereocenters. The van der Waals surface area contributed by atoms with Gasteiger partial charge in [0.2, 0.25) is 5.95 Å². The largest absolute Gasteiger partial charge is 0.454 e. The summed E-state index contributed by atoms with van der Waals surface area (Å²) in [5.74, 6) is 0.230. The third-order valence-corrected chi connectivity index (χ3v) is 5.85. The lowest BCUT2D eigenvalue weighted by atomic mass is 10.1. The van der Waals surface area contributed by atoms with E-state index in [-0.39, 0.29) is 23.5 Å². The molecule has 30 heavy (non-hydrogen) atoms. The van der Waals surface area contributed by atoms with Gasteiger partial charge in [0.15, 0.2) is 5.58 Å². The van der Waals surface area contributed by atoms with Crippen molar-refractivity contribution in [1.29, 1.82) is 0 Å². The molecule has 10 heteroatoms. The van der Waals surface area contributed by atoms with Gasteiger partial charge in [0.1, 0.15) is 22.8 Å². The summed E-state index contributed by atoms with van der Waals surface area (Å²) in [7, 11) is 0. The number of furan rings is 1. The van der Waals surface area contributed by atoms with Crippen molar-refractivity contribution in [2.75, 3.05) is 17.7 Å². The molecule has 1 fully saturated rings. The Morgan fingerprint density at radius 1 is 1.23 bits per heavy atom. The van der Waals surface area contributed by atoms with E-state index in [1.54, 1.807) is 0 Å². The van der Waals surface area contributed by atoms with E-state index < -0.39 is 24.2 Å². The maximum Gasteiger partial charge on any atom is 0.223 e. The van der Waals surface area contributed by atoms with Gasteiger partial charge in [-0.2, -0.15) is 4.98 Å². The van der Waals surface area contributed by atoms with Gasteiger partial charge in [0.05, 0.1) is 23.4 Å². The average Bonchev–Trinajstić information content (AvgIpc) is 3.24. The summed E-state index contributed by atoms with van der Waals surface area (Å²) >= 11 is 6.40. The van der Waals surface area contributed by atoms with Crippen molar-refractivity contribution in [2.45, 2.75) is 44.9 Å². The van der Waals surface area contributed by atoms with Crippen molar-refractivity contribution < 1.29 is 19.7 Å². The quantitative estimate of drug-likeness (QED) is 0.380. The molecule has 1 aliphatic rings. The van der Waals surface area contributed by atoms with Crippen LogP contribution in [-0.4, -0.2) is 55.1 Å². The van der Waals surface area contributed by atoms with E-state index in [9.17, 15) is 15.3 Å². The number of halogens is 1. The first-order chi connectivity index (χ1) is 14.3. The van der Waals surface area contributed by atoms with Crippen LogP contribution in [0.2, 0.25) is 5.15 Å². The summed E-state index contributed by atoms with van der Waals surface area (Å²) in [4.78, 5) is 12.8. The summed E-state index contributed by atoms with van der Waals surface area (Å²) < 4.78 is 6.04. The predicted octanol–water partition coefficient (Wildman–Crippen LogP) is 1.91. The molecule has 6 N–H and O–H groups in total. The lowest BCUT2D eigenvalue weighted by molar-refractivity contribution is 0.00446. The van der Waals surface area contributed by atoms with Crippen molar-refractivity contribution >= 4 is 34.3 Å². The molecule has 4 rings (SSSR count). The molecule has 3 aromatic heterocycles. The number of aliphatic hydroxyl groups excluding tert-OH is 3. The Morgan fingerprint density at radius 2 is 2.00 bits per heavy atom. The number of aliphatic hydroxyl groups is 3. The van der Waals surface area contributed by atoms with E-state index in [1.165, 1.54) is 0 Å². The fourth-order valence-corrected chi connectivity index (χ4v) is 4.24. The Balaban J connectivity index is 1.78. The molecule has 3 aromatic rings. The molecule has 0 bridgehead atoms. The van der Waals surface area contributed by atoms with E-state index >= 15 is 0 Å². The first kappa shape index (κ1) is 20.8. The molecule has 3 heterocycles. The molecule has 4 atom stereocenters. The van der Waals surface area contributed by atoms with Crippen LogP contribution in [0.1, 0.15) is 24.7 Å². The normalized spacial score (nSPS) is 23.9. The molecular formula is C20H24ClN5O4. The van der Waals surface area contributed by atoms with Gasteiger partial charge in [0, 0.05) is 23.6 Å². The monoisotopic (exact) mass is 433 g/mol. The van der Waals surface area contributed by atoms with Gasteiger partial charge >= 0.3 is 0 Å². The minimum absolute atomic E-state index is 0.0415. The van der Waals surface area contributed by atoms with Crippen LogP contribution in [0.3, 0.4) is 0 Å². The Hall–Kier alpha value is -2.46. The third-order valence-electron chi connectivity index (χ3n) is 5.57. The van der Waals surface area contributed by atoms with Crippen LogP contribution < -0.4 is 11.1 Å². The molecule has 0 radical (unpaired) electrons. The number of nitrogen functional groups attached to an aromatic ring is 1. The highest BCUT2D eigenvalue weighted by Crippen LogP contribution is 2.39. The first-order valence-corrected chi connectivity index (χ1v) is 10.2. The molecule has 0 aliphatic heterocycles. The molecule has 160 valence electrons. The zero-order chi connectivity index (χ0) is 21.6. The van der Waals surface area contributed by atoms with Crippen LogP contribution in [-0.2, 0) is 6.42 Å². The van der Waals surface area contributed by atoms with Crippen LogP contribution in [0, 0.1) is 12.8 Å². The molecule has 0 spiro atoms. The number of anilines is 2. The van der Waals surface area contributed by atoms with Crippen LogP contribution in [0.15, 0.2) is 16.5 Å². The Bertz CT molecular complexity index is 1090. The van der Waals surface area contributed by atoms with Crippen molar-refractivity contribution in [3.05, 3.63) is 28.7 Å². The number of fused-ring (bicyclic) bond motifs is 1. The minimum atomic E-state index is -1.08. The summed E-state index contributed by atoms with van der Waals surface area (Å²) in [6.07, 6.45) is -0.982. The number of nitrogens with zero attached hydrogens (tertiary/aromatic N) is 3. The number of aromatic nitrogens is 3. The van der Waals surface area contributed by atoms with E-state index in [4.69, 9.17) is 21.8 Å². The minimum Gasteiger partial charge on any atom is -0.454 e. The highest BCUT2D eigenvalue weighted by Gasteiger charge is 2.41. The van der Waals surface area contributed by atoms with Crippen LogP contribution in [0.4, 0.5) is 11.8 Å². The third kappa shape index (κ3) is 3.58. The zero-order valence-corrected chi connectivity index (χ0v) is 17.4. The Kier molecular flexibility index (Phi) is 5.54. The van der Waals surface area contributed by atoms with Crippen molar-refractivity contribution in [3.63, 3.8) is 0 Å². The second-order valence-corrected chi connectivity index (χ2v) is 7.95. The molecule has 0 saturated heterocycles. The standard InChI is InChI=1S/C20H24ClN5O4/c1-3-11-4-9-6-13(30-17(9)8(2)23-11)14-18(21)25-20(22)26-19(14)24-12-5-10(7-27)15(28)16(12)29/h4,6,10,12,15-16,27-29H,3,5,7H2,1-2H3,(H3,22,24,25,26)/t10-,12-,15-,16+/m1/s1. The number of aryl methyl sites for hydroxylation is 2. The second-order valence-electron chi connectivity index (χ2n) is 7.59. The molecule has 9 nitrogen and oxygen atoms in total. The number of hydrogen-bond donors (Lipinski definition) is 5. The van der Waals surface area contributed by atoms with Gasteiger partial charge in [-0.3, -0.25) is 4.98 Å². The summed E-state index contributed by atoms with van der Waals surface area (Å²) in [6.45, 7) is 3.67. The molecular weight excluding hydrogens is 410 g/mol. The zero-order valence-electron chi connectivity index (χ0n) is 16.6. The smallest absolute Gasteiger partial charge is 0.223 e. The lowest BCUT2D eigenvalue weighted by Gasteiger charge is -2.20. The Morgan fingerprint density at radius 3 is 2.67 bits per heavy atom. The maximum absolute atomic E-state index is 10.4. The van der Waals surface area contributed by atoms with Crippen LogP contribution in [0.25, 0.3) is 22.3 Å². The van der Waals surface area contributed by atoms with Crippen molar-refractivity contribution in [3.8, 4) is 11.3 Å². The second kappa shape index (κ2) is 7.99. The molecule has 0 amide bonds. The molecule has 1 saturated carbocycles. The summed E-state index contributed by atoms with van der Waals surface area (Å²) in [6, 6.07) is 3.24. The number of hydrogen-bond acceptors (Lipinski definition) is 9. The summed E-state index contributed by atoms with van der Waals surface area (Å²) in [5.41, 5.74) is 8.54. The fourth-order valence-electron chi connectivity index (χ4n) is 3.97. The maximum atomic E-state index is 10.4. The van der Waals surface area contributed by atoms with E-state index in [0.29, 0.717) is 23.3 Å². The van der Waals surface area contributed by atoms with Gasteiger partial charge in [0.25, 0.3) is 0 Å². The van der Waals surface area contributed by atoms with Gasteiger partial charge in [-0.05, 0) is 31.9 Å². The topological polar surface area (TPSA) is 151 Å². The average molecular weight is 434 g/mol. The van der Waals surface area contributed by atoms with Gasteiger partial charge in [-0.1, -0.05) is 18.5 Å². The van der Waals surface area contributed by atoms with Gasteiger partial charge in [-0.25, -0.2) is 4.98 Å². The number of nitrogens with one attached hydrogen (secondary N) is 1. The van der Waals surface area contributed by atoms with Crippen LogP contribution >= 0.6 is 11.6 Å². The van der Waals surface area contributed by atoms with E-state index in [1.807, 2.05) is 26.0 Å². The Labute approximate surface area is 177 Å². The predicted molar refractivity (Wildman–Crippen MR) is 113 cm³/mol.